The van der Waals surface area contributed by atoms with Crippen molar-refractivity contribution in [2.24, 2.45) is 0 Å². The summed E-state index contributed by atoms with van der Waals surface area (Å²) in [6.07, 6.45) is 2.15. The number of nitrogens with zero attached hydrogens (tertiary/aromatic N) is 1. The van der Waals surface area contributed by atoms with Crippen LogP contribution in [0.3, 0.4) is 0 Å². The van der Waals surface area contributed by atoms with Gasteiger partial charge in [0.05, 0.1) is 4.88 Å². The summed E-state index contributed by atoms with van der Waals surface area (Å²) in [5, 5.41) is 7.76. The molecule has 2 heterocycles. The Balaban J connectivity index is 1.31. The van der Waals surface area contributed by atoms with Gasteiger partial charge >= 0.3 is 0 Å². The average molecular weight is 386 g/mol. The summed E-state index contributed by atoms with van der Waals surface area (Å²) in [5.74, 6) is -0.0194. The Morgan fingerprint density at radius 3 is 2.74 bits per heavy atom. The van der Waals surface area contributed by atoms with Crippen molar-refractivity contribution in [1.82, 2.24) is 15.5 Å². The lowest BCUT2D eigenvalue weighted by atomic mass is 9.99. The fourth-order valence-electron chi connectivity index (χ4n) is 3.32. The molecule has 1 aliphatic rings. The summed E-state index contributed by atoms with van der Waals surface area (Å²) in [4.78, 5) is 27.0. The normalized spacial score (nSPS) is 15.0. The lowest BCUT2D eigenvalue weighted by Crippen LogP contribution is -2.44. The standard InChI is InChI=1S/C21H27N3O2S/c1-16(24-12-10-17-6-2-3-7-18(17)15-24)14-23-20(25)9-4-11-22-21(26)19-8-5-13-27-19/h2-3,5-8,13,16H,4,9-12,14-15H2,1H3,(H,22,26)(H,23,25). The zero-order valence-corrected chi connectivity index (χ0v) is 16.6. The van der Waals surface area contributed by atoms with Gasteiger partial charge in [-0.15, -0.1) is 11.3 Å². The quantitative estimate of drug-likeness (QED) is 0.687. The SMILES string of the molecule is CC(CNC(=O)CCCNC(=O)c1cccs1)N1CCc2ccccc2C1. The summed E-state index contributed by atoms with van der Waals surface area (Å²) in [5.41, 5.74) is 2.83. The van der Waals surface area contributed by atoms with E-state index in [-0.39, 0.29) is 11.8 Å². The Bertz CT molecular complexity index is 761. The molecule has 3 rings (SSSR count). The third-order valence-electron chi connectivity index (χ3n) is 4.99. The van der Waals surface area contributed by atoms with Gasteiger partial charge in [-0.2, -0.15) is 0 Å². The third-order valence-corrected chi connectivity index (χ3v) is 5.86. The van der Waals surface area contributed by atoms with Crippen molar-refractivity contribution >= 4 is 23.2 Å². The fourth-order valence-corrected chi connectivity index (χ4v) is 3.96. The second-order valence-corrected chi connectivity index (χ2v) is 7.93. The van der Waals surface area contributed by atoms with Gasteiger partial charge in [-0.05, 0) is 42.3 Å². The van der Waals surface area contributed by atoms with Crippen molar-refractivity contribution in [2.45, 2.75) is 38.8 Å². The fraction of sp³-hybridized carbons (Fsp3) is 0.429. The highest BCUT2D eigenvalue weighted by atomic mass is 32.1. The molecular weight excluding hydrogens is 358 g/mol. The first-order chi connectivity index (χ1) is 13.1. The molecule has 1 atom stereocenters. The number of benzene rings is 1. The Kier molecular flexibility index (Phi) is 7.01. The van der Waals surface area contributed by atoms with Crippen molar-refractivity contribution in [3.05, 3.63) is 57.8 Å². The molecule has 0 fully saturated rings. The molecular formula is C21H27N3O2S. The number of amides is 2. The van der Waals surface area contributed by atoms with E-state index in [1.165, 1.54) is 22.5 Å². The van der Waals surface area contributed by atoms with Crippen molar-refractivity contribution < 1.29 is 9.59 Å². The van der Waals surface area contributed by atoms with Gasteiger partial charge in [0.1, 0.15) is 0 Å². The third kappa shape index (κ3) is 5.65. The summed E-state index contributed by atoms with van der Waals surface area (Å²) >= 11 is 1.42. The first kappa shape index (κ1) is 19.6. The van der Waals surface area contributed by atoms with Crippen LogP contribution in [0.4, 0.5) is 0 Å². The Morgan fingerprint density at radius 2 is 1.96 bits per heavy atom. The molecule has 0 bridgehead atoms. The highest BCUT2D eigenvalue weighted by molar-refractivity contribution is 7.12. The number of fused-ring (bicyclic) bond motifs is 1. The van der Waals surface area contributed by atoms with E-state index >= 15 is 0 Å². The van der Waals surface area contributed by atoms with Gasteiger partial charge in [0.25, 0.3) is 5.91 Å². The summed E-state index contributed by atoms with van der Waals surface area (Å²) in [6.45, 7) is 5.31. The van der Waals surface area contributed by atoms with E-state index in [9.17, 15) is 9.59 Å². The van der Waals surface area contributed by atoms with Crippen LogP contribution in [0.25, 0.3) is 0 Å². The van der Waals surface area contributed by atoms with Gasteiger partial charge in [-0.25, -0.2) is 0 Å². The number of thiophene rings is 1. The van der Waals surface area contributed by atoms with Crippen LogP contribution in [0.1, 0.15) is 40.6 Å². The van der Waals surface area contributed by atoms with Crippen LogP contribution in [-0.2, 0) is 17.8 Å². The smallest absolute Gasteiger partial charge is 0.261 e. The van der Waals surface area contributed by atoms with E-state index in [0.717, 1.165) is 19.5 Å². The first-order valence-corrected chi connectivity index (χ1v) is 10.4. The molecule has 0 saturated heterocycles. The van der Waals surface area contributed by atoms with E-state index < -0.39 is 0 Å². The molecule has 1 aromatic carbocycles. The zero-order chi connectivity index (χ0) is 19.1. The monoisotopic (exact) mass is 385 g/mol. The largest absolute Gasteiger partial charge is 0.355 e. The average Bonchev–Trinajstić information content (AvgIpc) is 3.24. The van der Waals surface area contributed by atoms with Crippen molar-refractivity contribution in [3.63, 3.8) is 0 Å². The lowest BCUT2D eigenvalue weighted by Gasteiger charge is -2.33. The van der Waals surface area contributed by atoms with Crippen molar-refractivity contribution in [2.75, 3.05) is 19.6 Å². The molecule has 2 aromatic rings. The maximum Gasteiger partial charge on any atom is 0.261 e. The zero-order valence-electron chi connectivity index (χ0n) is 15.7. The molecule has 0 spiro atoms. The van der Waals surface area contributed by atoms with Crippen molar-refractivity contribution in [1.29, 1.82) is 0 Å². The highest BCUT2D eigenvalue weighted by Crippen LogP contribution is 2.19. The predicted molar refractivity (Wildman–Crippen MR) is 109 cm³/mol. The molecule has 0 saturated carbocycles. The molecule has 1 unspecified atom stereocenters. The van der Waals surface area contributed by atoms with E-state index in [1.54, 1.807) is 6.07 Å². The van der Waals surface area contributed by atoms with E-state index in [4.69, 9.17) is 0 Å². The minimum atomic E-state index is -0.0654. The van der Waals surface area contributed by atoms with Crippen LogP contribution in [0.5, 0.6) is 0 Å². The summed E-state index contributed by atoms with van der Waals surface area (Å²) in [7, 11) is 0. The van der Waals surface area contributed by atoms with Crippen LogP contribution in [0, 0.1) is 0 Å². The van der Waals surface area contributed by atoms with Crippen LogP contribution < -0.4 is 10.6 Å². The van der Waals surface area contributed by atoms with Gasteiger partial charge in [-0.1, -0.05) is 30.3 Å². The Labute approximate surface area is 164 Å². The molecule has 2 amide bonds. The van der Waals surface area contributed by atoms with E-state index in [0.29, 0.717) is 36.9 Å². The topological polar surface area (TPSA) is 61.4 Å². The number of hydrogen-bond acceptors (Lipinski definition) is 4. The summed E-state index contributed by atoms with van der Waals surface area (Å²) < 4.78 is 0. The number of hydrogen-bond donors (Lipinski definition) is 2. The van der Waals surface area contributed by atoms with Gasteiger partial charge < -0.3 is 10.6 Å². The molecule has 2 N–H and O–H groups in total. The maximum absolute atomic E-state index is 12.1. The molecule has 6 heteroatoms. The molecule has 1 aliphatic heterocycles. The maximum atomic E-state index is 12.1. The summed E-state index contributed by atoms with van der Waals surface area (Å²) in [6, 6.07) is 12.5. The van der Waals surface area contributed by atoms with Crippen LogP contribution in [0.2, 0.25) is 0 Å². The van der Waals surface area contributed by atoms with Gasteiger partial charge in [0.15, 0.2) is 0 Å². The number of carbonyl (C=O) groups is 2. The minimum absolute atomic E-state index is 0.0460. The van der Waals surface area contributed by atoms with Crippen LogP contribution >= 0.6 is 11.3 Å². The van der Waals surface area contributed by atoms with Gasteiger partial charge in [-0.3, -0.25) is 14.5 Å². The lowest BCUT2D eigenvalue weighted by molar-refractivity contribution is -0.121. The molecule has 144 valence electrons. The molecule has 27 heavy (non-hydrogen) atoms. The minimum Gasteiger partial charge on any atom is -0.355 e. The predicted octanol–water partition coefficient (Wildman–Crippen LogP) is 2.82. The number of nitrogens with one attached hydrogen (secondary N) is 2. The van der Waals surface area contributed by atoms with Gasteiger partial charge in [0.2, 0.25) is 5.91 Å². The molecule has 0 aliphatic carbocycles. The highest BCUT2D eigenvalue weighted by Gasteiger charge is 2.20. The molecule has 1 aromatic heterocycles. The Hall–Kier alpha value is -2.18. The van der Waals surface area contributed by atoms with E-state index in [2.05, 4.69) is 46.7 Å². The van der Waals surface area contributed by atoms with Crippen LogP contribution in [0.15, 0.2) is 41.8 Å². The molecule has 0 radical (unpaired) electrons. The number of rotatable bonds is 8. The second kappa shape index (κ2) is 9.67. The van der Waals surface area contributed by atoms with Gasteiger partial charge in [0, 0.05) is 38.6 Å². The van der Waals surface area contributed by atoms with Crippen LogP contribution in [-0.4, -0.2) is 42.4 Å². The second-order valence-electron chi connectivity index (χ2n) is 6.98. The van der Waals surface area contributed by atoms with Crippen molar-refractivity contribution in [3.8, 4) is 0 Å². The van der Waals surface area contributed by atoms with E-state index in [1.807, 2.05) is 11.4 Å². The number of carbonyl (C=O) groups excluding carboxylic acids is 2. The Morgan fingerprint density at radius 1 is 1.15 bits per heavy atom. The first-order valence-electron chi connectivity index (χ1n) is 9.52. The molecule has 5 nitrogen and oxygen atoms in total.